The number of nitro benzene ring substituents is 1. The highest BCUT2D eigenvalue weighted by Gasteiger charge is 2.25. The van der Waals surface area contributed by atoms with E-state index in [2.05, 4.69) is 4.98 Å². The first-order valence-electron chi connectivity index (χ1n) is 7.40. The fourth-order valence-corrected chi connectivity index (χ4v) is 3.22. The van der Waals surface area contributed by atoms with E-state index in [1.807, 2.05) is 24.8 Å². The normalized spacial score (nSPS) is 12.6. The number of hydrogen-bond donors (Lipinski definition) is 0. The van der Waals surface area contributed by atoms with Crippen molar-refractivity contribution in [2.24, 2.45) is 0 Å². The number of nitro groups is 1. The van der Waals surface area contributed by atoms with E-state index in [4.69, 9.17) is 0 Å². The molecule has 0 radical (unpaired) electrons. The summed E-state index contributed by atoms with van der Waals surface area (Å²) in [5.41, 5.74) is 1.07. The number of pyridine rings is 1. The summed E-state index contributed by atoms with van der Waals surface area (Å²) in [5.74, 6) is 0. The van der Waals surface area contributed by atoms with Crippen molar-refractivity contribution in [3.63, 3.8) is 0 Å². The van der Waals surface area contributed by atoms with Crippen molar-refractivity contribution < 1.29 is 13.3 Å². The molecule has 0 aliphatic rings. The van der Waals surface area contributed by atoms with Gasteiger partial charge in [0, 0.05) is 31.3 Å². The van der Waals surface area contributed by atoms with Crippen LogP contribution in [0, 0.1) is 10.1 Å². The fraction of sp³-hybridized carbons (Fsp3) is 0.312. The summed E-state index contributed by atoms with van der Waals surface area (Å²) < 4.78 is 23.3. The van der Waals surface area contributed by atoms with E-state index in [1.165, 1.54) is 12.1 Å². The lowest BCUT2D eigenvalue weighted by Crippen LogP contribution is -2.27. The minimum atomic E-state index is -3.51. The van der Waals surface area contributed by atoms with Gasteiger partial charge in [-0.2, -0.15) is 0 Å². The molecule has 7 nitrogen and oxygen atoms in total. The summed E-state index contributed by atoms with van der Waals surface area (Å²) in [6.45, 7) is 4.34. The molecule has 0 N–H and O–H groups in total. The Morgan fingerprint density at radius 2 is 2.04 bits per heavy atom. The molecule has 0 amide bonds. The zero-order valence-electron chi connectivity index (χ0n) is 13.7. The molecular formula is C16H19N3O4S. The van der Waals surface area contributed by atoms with Gasteiger partial charge >= 0.3 is 0 Å². The van der Waals surface area contributed by atoms with Crippen molar-refractivity contribution in [1.29, 1.82) is 0 Å². The molecule has 0 bridgehead atoms. The van der Waals surface area contributed by atoms with Gasteiger partial charge in [-0.05, 0) is 37.6 Å². The second-order valence-electron chi connectivity index (χ2n) is 5.43. The Morgan fingerprint density at radius 1 is 1.33 bits per heavy atom. The van der Waals surface area contributed by atoms with Crippen LogP contribution in [0.15, 0.2) is 47.6 Å². The van der Waals surface area contributed by atoms with Gasteiger partial charge in [0.05, 0.1) is 15.9 Å². The highest BCUT2D eigenvalue weighted by atomic mass is 32.2. The van der Waals surface area contributed by atoms with Crippen LogP contribution in [0.5, 0.6) is 0 Å². The smallest absolute Gasteiger partial charge is 0.293 e. The standard InChI is InChI=1S/C16H19N3O4S/c1-4-18(12(2)13-6-5-9-17-11-13)15-8-7-14(24(3,22)23)10-16(15)19(20)21/h5-12H,4H2,1-3H3. The summed E-state index contributed by atoms with van der Waals surface area (Å²) >= 11 is 0. The number of sulfone groups is 1. The summed E-state index contributed by atoms with van der Waals surface area (Å²) in [7, 11) is -3.51. The molecular weight excluding hydrogens is 330 g/mol. The van der Waals surface area contributed by atoms with Gasteiger partial charge in [0.15, 0.2) is 9.84 Å². The second-order valence-corrected chi connectivity index (χ2v) is 7.44. The molecule has 0 aliphatic heterocycles. The molecule has 0 saturated heterocycles. The average Bonchev–Trinajstić information content (AvgIpc) is 2.55. The maximum Gasteiger partial charge on any atom is 0.293 e. The lowest BCUT2D eigenvalue weighted by atomic mass is 10.1. The zero-order chi connectivity index (χ0) is 17.9. The van der Waals surface area contributed by atoms with E-state index in [1.54, 1.807) is 18.5 Å². The van der Waals surface area contributed by atoms with Gasteiger partial charge < -0.3 is 4.90 Å². The van der Waals surface area contributed by atoms with Gasteiger partial charge in [0.1, 0.15) is 5.69 Å². The van der Waals surface area contributed by atoms with Crippen LogP contribution in [-0.4, -0.2) is 31.1 Å². The first kappa shape index (κ1) is 17.9. The molecule has 0 saturated carbocycles. The lowest BCUT2D eigenvalue weighted by Gasteiger charge is -2.30. The van der Waals surface area contributed by atoms with Crippen molar-refractivity contribution in [2.45, 2.75) is 24.8 Å². The number of rotatable bonds is 6. The molecule has 2 rings (SSSR count). The number of nitrogens with zero attached hydrogens (tertiary/aromatic N) is 3. The molecule has 128 valence electrons. The molecule has 0 spiro atoms. The van der Waals surface area contributed by atoms with Gasteiger partial charge in [-0.15, -0.1) is 0 Å². The van der Waals surface area contributed by atoms with E-state index in [0.29, 0.717) is 12.2 Å². The molecule has 1 heterocycles. The number of aromatic nitrogens is 1. The fourth-order valence-electron chi connectivity index (χ4n) is 2.58. The molecule has 1 aromatic carbocycles. The van der Waals surface area contributed by atoms with Crippen molar-refractivity contribution >= 4 is 21.2 Å². The van der Waals surface area contributed by atoms with Crippen molar-refractivity contribution in [3.8, 4) is 0 Å². The molecule has 1 atom stereocenters. The Bertz CT molecular complexity index is 838. The Labute approximate surface area is 141 Å². The van der Waals surface area contributed by atoms with Crippen molar-refractivity contribution in [3.05, 3.63) is 58.4 Å². The third kappa shape index (κ3) is 3.70. The molecule has 24 heavy (non-hydrogen) atoms. The monoisotopic (exact) mass is 349 g/mol. The number of anilines is 1. The van der Waals surface area contributed by atoms with Crippen LogP contribution < -0.4 is 4.90 Å². The van der Waals surface area contributed by atoms with E-state index in [0.717, 1.165) is 17.9 Å². The minimum absolute atomic E-state index is 0.0666. The van der Waals surface area contributed by atoms with Gasteiger partial charge in [0.25, 0.3) is 5.69 Å². The highest BCUT2D eigenvalue weighted by Crippen LogP contribution is 2.35. The summed E-state index contributed by atoms with van der Waals surface area (Å²) in [5, 5.41) is 11.5. The molecule has 2 aromatic rings. The van der Waals surface area contributed by atoms with Gasteiger partial charge in [-0.25, -0.2) is 8.42 Å². The SMILES string of the molecule is CCN(c1ccc(S(C)(=O)=O)cc1[N+](=O)[O-])C(C)c1cccnc1. The first-order valence-corrected chi connectivity index (χ1v) is 9.30. The maximum atomic E-state index is 11.7. The second kappa shape index (κ2) is 6.96. The summed E-state index contributed by atoms with van der Waals surface area (Å²) in [6.07, 6.45) is 4.40. The molecule has 0 fully saturated rings. The molecule has 0 aliphatic carbocycles. The van der Waals surface area contributed by atoms with E-state index >= 15 is 0 Å². The van der Waals surface area contributed by atoms with Crippen LogP contribution in [0.3, 0.4) is 0 Å². The summed E-state index contributed by atoms with van der Waals surface area (Å²) in [4.78, 5) is 16.8. The predicted molar refractivity (Wildman–Crippen MR) is 91.9 cm³/mol. The average molecular weight is 349 g/mol. The van der Waals surface area contributed by atoms with Gasteiger partial charge in [-0.3, -0.25) is 15.1 Å². The Hall–Kier alpha value is -2.48. The van der Waals surface area contributed by atoms with Gasteiger partial charge in [-0.1, -0.05) is 6.07 Å². The van der Waals surface area contributed by atoms with Crippen LogP contribution >= 0.6 is 0 Å². The first-order chi connectivity index (χ1) is 11.3. The third-order valence-electron chi connectivity index (χ3n) is 3.86. The van der Waals surface area contributed by atoms with Crippen molar-refractivity contribution in [1.82, 2.24) is 4.98 Å². The summed E-state index contributed by atoms with van der Waals surface area (Å²) in [6, 6.07) is 7.56. The third-order valence-corrected chi connectivity index (χ3v) is 4.97. The van der Waals surface area contributed by atoms with Crippen LogP contribution in [-0.2, 0) is 9.84 Å². The topological polar surface area (TPSA) is 93.4 Å². The van der Waals surface area contributed by atoms with Crippen LogP contribution in [0.1, 0.15) is 25.5 Å². The molecule has 1 unspecified atom stereocenters. The minimum Gasteiger partial charge on any atom is -0.359 e. The van der Waals surface area contributed by atoms with E-state index in [-0.39, 0.29) is 16.6 Å². The number of hydrogen-bond acceptors (Lipinski definition) is 6. The lowest BCUT2D eigenvalue weighted by molar-refractivity contribution is -0.384. The van der Waals surface area contributed by atoms with Crippen LogP contribution in [0.25, 0.3) is 0 Å². The van der Waals surface area contributed by atoms with Crippen molar-refractivity contribution in [2.75, 3.05) is 17.7 Å². The van der Waals surface area contributed by atoms with E-state index in [9.17, 15) is 18.5 Å². The molecule has 1 aromatic heterocycles. The largest absolute Gasteiger partial charge is 0.359 e. The molecule has 8 heteroatoms. The van der Waals surface area contributed by atoms with Gasteiger partial charge in [0.2, 0.25) is 0 Å². The van der Waals surface area contributed by atoms with Crippen LogP contribution in [0.4, 0.5) is 11.4 Å². The number of benzene rings is 1. The Balaban J connectivity index is 2.54. The predicted octanol–water partition coefficient (Wildman–Crippen LogP) is 2.98. The zero-order valence-corrected chi connectivity index (χ0v) is 14.5. The Kier molecular flexibility index (Phi) is 5.18. The quantitative estimate of drug-likeness (QED) is 0.588. The van der Waals surface area contributed by atoms with Crippen LogP contribution in [0.2, 0.25) is 0 Å². The van der Waals surface area contributed by atoms with E-state index < -0.39 is 14.8 Å². The maximum absolute atomic E-state index is 11.7. The Morgan fingerprint density at radius 3 is 2.54 bits per heavy atom. The highest BCUT2D eigenvalue weighted by molar-refractivity contribution is 7.90.